The molecule has 2 heterocycles. The fraction of sp³-hybridized carbons (Fsp3) is 0.562. The molecule has 1 unspecified atom stereocenters. The summed E-state index contributed by atoms with van der Waals surface area (Å²) in [6.45, 7) is 3.14. The van der Waals surface area contributed by atoms with E-state index >= 15 is 0 Å². The van der Waals surface area contributed by atoms with E-state index in [-0.39, 0.29) is 0 Å². The minimum Gasteiger partial charge on any atom is -0.325 e. The largest absolute Gasteiger partial charge is 0.325 e. The highest BCUT2D eigenvalue weighted by molar-refractivity contribution is 5.50. The predicted molar refractivity (Wildman–Crippen MR) is 80.9 cm³/mol. The van der Waals surface area contributed by atoms with E-state index in [1.165, 1.54) is 36.9 Å². The highest BCUT2D eigenvalue weighted by Crippen LogP contribution is 2.38. The normalized spacial score (nSPS) is 21.3. The van der Waals surface area contributed by atoms with Crippen LogP contribution in [0.4, 0.5) is 0 Å². The van der Waals surface area contributed by atoms with Gasteiger partial charge in [0.2, 0.25) is 0 Å². The van der Waals surface area contributed by atoms with Crippen molar-refractivity contribution in [3.05, 3.63) is 30.0 Å². The number of aryl methyl sites for hydroxylation is 1. The molecule has 0 aliphatic heterocycles. The second-order valence-corrected chi connectivity index (χ2v) is 6.02. The average molecular weight is 283 g/mol. The summed E-state index contributed by atoms with van der Waals surface area (Å²) in [6, 6.07) is 1.03. The van der Waals surface area contributed by atoms with Gasteiger partial charge in [0.25, 0.3) is 0 Å². The van der Waals surface area contributed by atoms with Crippen molar-refractivity contribution < 1.29 is 0 Å². The molecule has 2 aliphatic rings. The zero-order valence-corrected chi connectivity index (χ0v) is 12.4. The van der Waals surface area contributed by atoms with E-state index in [0.29, 0.717) is 12.1 Å². The molecule has 1 N–H and O–H groups in total. The van der Waals surface area contributed by atoms with Crippen molar-refractivity contribution in [2.75, 3.05) is 6.54 Å². The van der Waals surface area contributed by atoms with Crippen LogP contribution in [0.25, 0.3) is 11.5 Å². The number of hydrogen-bond acceptors (Lipinski definition) is 4. The fourth-order valence-corrected chi connectivity index (χ4v) is 3.25. The Kier molecular flexibility index (Phi) is 3.22. The smallest absolute Gasteiger partial charge is 0.178 e. The molecule has 4 rings (SSSR count). The van der Waals surface area contributed by atoms with E-state index in [4.69, 9.17) is 4.98 Å². The fourth-order valence-electron chi connectivity index (χ4n) is 3.25. The monoisotopic (exact) mass is 283 g/mol. The third-order valence-corrected chi connectivity index (χ3v) is 4.47. The van der Waals surface area contributed by atoms with Crippen LogP contribution in [0, 0.1) is 0 Å². The van der Waals surface area contributed by atoms with Crippen molar-refractivity contribution in [2.24, 2.45) is 0 Å². The van der Waals surface area contributed by atoms with Gasteiger partial charge >= 0.3 is 0 Å². The first kappa shape index (κ1) is 13.0. The Labute approximate surface area is 124 Å². The molecule has 2 aromatic heterocycles. The summed E-state index contributed by atoms with van der Waals surface area (Å²) in [5.41, 5.74) is 3.55. The minimum atomic E-state index is 0.418. The zero-order valence-electron chi connectivity index (χ0n) is 12.4. The highest BCUT2D eigenvalue weighted by Gasteiger charge is 2.27. The van der Waals surface area contributed by atoms with Crippen LogP contribution in [0.3, 0.4) is 0 Å². The molecular weight excluding hydrogens is 262 g/mol. The van der Waals surface area contributed by atoms with Gasteiger partial charge < -0.3 is 9.88 Å². The second-order valence-electron chi connectivity index (χ2n) is 6.02. The van der Waals surface area contributed by atoms with Crippen molar-refractivity contribution in [1.82, 2.24) is 24.8 Å². The van der Waals surface area contributed by atoms with E-state index < -0.39 is 0 Å². The molecule has 110 valence electrons. The van der Waals surface area contributed by atoms with Crippen LogP contribution in [-0.4, -0.2) is 26.1 Å². The zero-order chi connectivity index (χ0) is 14.2. The first-order valence-corrected chi connectivity index (χ1v) is 7.98. The molecule has 21 heavy (non-hydrogen) atoms. The lowest BCUT2D eigenvalue weighted by Gasteiger charge is -2.25. The number of nitrogens with zero attached hydrogens (tertiary/aromatic N) is 4. The quantitative estimate of drug-likeness (QED) is 0.937. The van der Waals surface area contributed by atoms with E-state index in [0.717, 1.165) is 24.5 Å². The molecule has 2 aromatic rings. The third kappa shape index (κ3) is 2.35. The number of rotatable bonds is 4. The molecule has 0 amide bonds. The van der Waals surface area contributed by atoms with E-state index in [9.17, 15) is 0 Å². The van der Waals surface area contributed by atoms with Gasteiger partial charge in [-0.25, -0.2) is 15.0 Å². The van der Waals surface area contributed by atoms with Gasteiger partial charge in [0.15, 0.2) is 5.82 Å². The number of nitrogens with one attached hydrogen (secondary N) is 1. The Morgan fingerprint density at radius 2 is 2.19 bits per heavy atom. The molecule has 0 saturated heterocycles. The van der Waals surface area contributed by atoms with Gasteiger partial charge in [0.05, 0.1) is 12.5 Å². The maximum atomic E-state index is 4.85. The molecule has 2 aliphatic carbocycles. The van der Waals surface area contributed by atoms with Gasteiger partial charge in [-0.2, -0.15) is 0 Å². The summed E-state index contributed by atoms with van der Waals surface area (Å²) in [4.78, 5) is 13.8. The molecule has 5 heteroatoms. The molecule has 1 fully saturated rings. The lowest BCUT2D eigenvalue weighted by atomic mass is 9.92. The third-order valence-electron chi connectivity index (χ3n) is 4.47. The van der Waals surface area contributed by atoms with Gasteiger partial charge in [-0.15, -0.1) is 0 Å². The van der Waals surface area contributed by atoms with Gasteiger partial charge in [-0.05, 0) is 38.6 Å². The van der Waals surface area contributed by atoms with Crippen molar-refractivity contribution >= 4 is 0 Å². The summed E-state index contributed by atoms with van der Waals surface area (Å²) in [6.07, 6.45) is 11.8. The maximum absolute atomic E-state index is 4.85. The van der Waals surface area contributed by atoms with E-state index in [2.05, 4.69) is 26.8 Å². The molecule has 1 atom stereocenters. The predicted octanol–water partition coefficient (Wildman–Crippen LogP) is 2.66. The minimum absolute atomic E-state index is 0.418. The molecule has 1 saturated carbocycles. The van der Waals surface area contributed by atoms with Crippen LogP contribution in [0.1, 0.15) is 55.9 Å². The number of fused-ring (bicyclic) bond motifs is 1. The number of hydrogen-bond donors (Lipinski definition) is 1. The van der Waals surface area contributed by atoms with Crippen LogP contribution in [0.5, 0.6) is 0 Å². The first-order chi connectivity index (χ1) is 10.4. The Morgan fingerprint density at radius 1 is 1.29 bits per heavy atom. The molecule has 0 bridgehead atoms. The summed E-state index contributed by atoms with van der Waals surface area (Å²) >= 11 is 0. The first-order valence-electron chi connectivity index (χ1n) is 7.98. The SMILES string of the molecule is CCNC1CCCc2nc(-c3cncn3C3CC3)ncc21. The topological polar surface area (TPSA) is 55.6 Å². The van der Waals surface area contributed by atoms with Crippen LogP contribution in [-0.2, 0) is 6.42 Å². The van der Waals surface area contributed by atoms with Crippen molar-refractivity contribution in [1.29, 1.82) is 0 Å². The summed E-state index contributed by atoms with van der Waals surface area (Å²) < 4.78 is 2.23. The molecule has 0 aromatic carbocycles. The van der Waals surface area contributed by atoms with Gasteiger partial charge in [-0.3, -0.25) is 0 Å². The molecule has 0 spiro atoms. The highest BCUT2D eigenvalue weighted by atomic mass is 15.1. The van der Waals surface area contributed by atoms with Crippen LogP contribution >= 0.6 is 0 Å². The van der Waals surface area contributed by atoms with Gasteiger partial charge in [0, 0.05) is 29.5 Å². The number of aromatic nitrogens is 4. The van der Waals surface area contributed by atoms with Crippen LogP contribution in [0.2, 0.25) is 0 Å². The maximum Gasteiger partial charge on any atom is 0.178 e. The Balaban J connectivity index is 1.70. The molecule has 5 nitrogen and oxygen atoms in total. The van der Waals surface area contributed by atoms with Crippen molar-refractivity contribution in [2.45, 2.75) is 51.1 Å². The lowest BCUT2D eigenvalue weighted by molar-refractivity contribution is 0.464. The standard InChI is InChI=1S/C16H21N5/c1-2-18-13-4-3-5-14-12(13)8-19-16(20-14)15-9-17-10-21(15)11-6-7-11/h8-11,13,18H,2-7H2,1H3. The number of imidazole rings is 1. The van der Waals surface area contributed by atoms with E-state index in [1.807, 2.05) is 18.7 Å². The van der Waals surface area contributed by atoms with Gasteiger partial charge in [0.1, 0.15) is 5.69 Å². The van der Waals surface area contributed by atoms with Crippen LogP contribution in [0.15, 0.2) is 18.7 Å². The average Bonchev–Trinajstić information content (AvgIpc) is 3.24. The summed E-state index contributed by atoms with van der Waals surface area (Å²) in [5, 5.41) is 3.54. The van der Waals surface area contributed by atoms with E-state index in [1.54, 1.807) is 0 Å². The summed E-state index contributed by atoms with van der Waals surface area (Å²) in [7, 11) is 0. The second kappa shape index (κ2) is 5.22. The Hall–Kier alpha value is -1.75. The van der Waals surface area contributed by atoms with Crippen molar-refractivity contribution in [3.63, 3.8) is 0 Å². The molecular formula is C16H21N5. The lowest BCUT2D eigenvalue weighted by Crippen LogP contribution is -2.26. The Bertz CT molecular complexity index is 644. The summed E-state index contributed by atoms with van der Waals surface area (Å²) in [5.74, 6) is 0.829. The molecule has 0 radical (unpaired) electrons. The van der Waals surface area contributed by atoms with Crippen molar-refractivity contribution in [3.8, 4) is 11.5 Å². The van der Waals surface area contributed by atoms with Crippen LogP contribution < -0.4 is 5.32 Å². The Morgan fingerprint density at radius 3 is 3.00 bits per heavy atom. The van der Waals surface area contributed by atoms with Gasteiger partial charge in [-0.1, -0.05) is 6.92 Å².